The Morgan fingerprint density at radius 3 is 2.17 bits per heavy atom. The maximum Gasteiger partial charge on any atom is 0.251 e. The van der Waals surface area contributed by atoms with Gasteiger partial charge in [-0.1, -0.05) is 18.2 Å². The van der Waals surface area contributed by atoms with Gasteiger partial charge in [0.15, 0.2) is 9.84 Å². The van der Waals surface area contributed by atoms with Crippen molar-refractivity contribution in [1.82, 2.24) is 10.0 Å². The number of benzene rings is 2. The van der Waals surface area contributed by atoms with Gasteiger partial charge in [-0.15, -0.1) is 0 Å². The molecule has 2 aromatic carbocycles. The smallest absolute Gasteiger partial charge is 0.251 e. The van der Waals surface area contributed by atoms with Crippen LogP contribution in [0.15, 0.2) is 64.4 Å². The predicted molar refractivity (Wildman–Crippen MR) is 107 cm³/mol. The first-order chi connectivity index (χ1) is 13.8. The summed E-state index contributed by atoms with van der Waals surface area (Å²) < 4.78 is 50.7. The van der Waals surface area contributed by atoms with E-state index < -0.39 is 25.8 Å². The van der Waals surface area contributed by atoms with Crippen LogP contribution in [0.25, 0.3) is 0 Å². The number of amides is 1. The van der Waals surface area contributed by atoms with Gasteiger partial charge < -0.3 is 5.32 Å². The summed E-state index contributed by atoms with van der Waals surface area (Å²) in [4.78, 5) is 12.4. The molecule has 2 N–H and O–H groups in total. The van der Waals surface area contributed by atoms with Gasteiger partial charge in [0.25, 0.3) is 5.91 Å². The summed E-state index contributed by atoms with van der Waals surface area (Å²) in [6.07, 6.45) is 0.304. The summed E-state index contributed by atoms with van der Waals surface area (Å²) in [6.45, 7) is 0.174. The van der Waals surface area contributed by atoms with Crippen LogP contribution in [0.1, 0.15) is 23.2 Å². The highest BCUT2D eigenvalue weighted by Gasteiger charge is 2.15. The van der Waals surface area contributed by atoms with Crippen LogP contribution in [-0.4, -0.2) is 41.6 Å². The lowest BCUT2D eigenvalue weighted by atomic mass is 10.2. The molecule has 2 aromatic rings. The molecule has 0 aliphatic rings. The molecule has 8 nitrogen and oxygen atoms in total. The lowest BCUT2D eigenvalue weighted by Crippen LogP contribution is -2.26. The average molecular weight is 436 g/mol. The molecule has 0 bridgehead atoms. The van der Waals surface area contributed by atoms with E-state index in [1.807, 2.05) is 6.07 Å². The van der Waals surface area contributed by atoms with Crippen LogP contribution in [-0.2, 0) is 19.9 Å². The molecule has 10 heteroatoms. The van der Waals surface area contributed by atoms with Gasteiger partial charge in [-0.2, -0.15) is 5.26 Å². The van der Waals surface area contributed by atoms with E-state index in [0.29, 0.717) is 0 Å². The Bertz CT molecular complexity index is 1070. The molecule has 0 spiro atoms. The zero-order chi connectivity index (χ0) is 21.3. The van der Waals surface area contributed by atoms with Crippen LogP contribution in [0, 0.1) is 11.3 Å². The minimum Gasteiger partial charge on any atom is -0.352 e. The number of sulfonamides is 1. The molecular weight excluding hydrogens is 414 g/mol. The Hall–Kier alpha value is -2.74. The van der Waals surface area contributed by atoms with Crippen LogP contribution in [0.3, 0.4) is 0 Å². The van der Waals surface area contributed by atoms with E-state index in [0.717, 1.165) is 0 Å². The number of hydrogen-bond acceptors (Lipinski definition) is 6. The van der Waals surface area contributed by atoms with Gasteiger partial charge in [-0.05, 0) is 42.8 Å². The summed E-state index contributed by atoms with van der Waals surface area (Å²) in [5.41, 5.74) is 0.256. The van der Waals surface area contributed by atoms with Crippen LogP contribution >= 0.6 is 0 Å². The first-order valence-electron chi connectivity index (χ1n) is 8.79. The summed E-state index contributed by atoms with van der Waals surface area (Å²) in [5, 5.41) is 11.1. The molecule has 0 aromatic heterocycles. The quantitative estimate of drug-likeness (QED) is 0.543. The number of sulfone groups is 1. The fraction of sp³-hybridized carbons (Fsp3) is 0.263. The first kappa shape index (κ1) is 22.5. The van der Waals surface area contributed by atoms with E-state index in [-0.39, 0.29) is 47.0 Å². The Balaban J connectivity index is 1.86. The lowest BCUT2D eigenvalue weighted by Gasteiger charge is -2.08. The summed E-state index contributed by atoms with van der Waals surface area (Å²) in [5.74, 6) is -0.522. The molecule has 0 aliphatic heterocycles. The molecule has 0 atom stereocenters. The van der Waals surface area contributed by atoms with Crippen molar-refractivity contribution >= 4 is 25.8 Å². The highest BCUT2D eigenvalue weighted by Crippen LogP contribution is 2.12. The number of carbonyl (C=O) groups is 1. The second-order valence-electron chi connectivity index (χ2n) is 6.07. The zero-order valence-corrected chi connectivity index (χ0v) is 17.2. The maximum absolute atomic E-state index is 12.2. The molecule has 0 unspecified atom stereocenters. The third-order valence-electron chi connectivity index (χ3n) is 3.93. The fourth-order valence-electron chi connectivity index (χ4n) is 2.42. The Kier molecular flexibility index (Phi) is 7.90. The monoisotopic (exact) mass is 435 g/mol. The van der Waals surface area contributed by atoms with E-state index >= 15 is 0 Å². The lowest BCUT2D eigenvalue weighted by molar-refractivity contribution is 0.0953. The number of carbonyl (C=O) groups excluding carboxylic acids is 1. The van der Waals surface area contributed by atoms with E-state index in [9.17, 15) is 21.6 Å². The van der Waals surface area contributed by atoms with E-state index in [2.05, 4.69) is 10.0 Å². The van der Waals surface area contributed by atoms with Crippen LogP contribution in [0.4, 0.5) is 0 Å². The normalized spacial score (nSPS) is 11.6. The zero-order valence-electron chi connectivity index (χ0n) is 15.5. The fourth-order valence-corrected chi connectivity index (χ4v) is 4.79. The van der Waals surface area contributed by atoms with Crippen molar-refractivity contribution < 1.29 is 21.6 Å². The van der Waals surface area contributed by atoms with Crippen LogP contribution in [0.5, 0.6) is 0 Å². The molecule has 0 saturated heterocycles. The average Bonchev–Trinajstić information content (AvgIpc) is 2.72. The second-order valence-corrected chi connectivity index (χ2v) is 9.95. The molecule has 0 radical (unpaired) electrons. The maximum atomic E-state index is 12.2. The van der Waals surface area contributed by atoms with Crippen LogP contribution in [0.2, 0.25) is 0 Å². The molecule has 0 heterocycles. The minimum atomic E-state index is -3.74. The SMILES string of the molecule is N#CCCNS(=O)(=O)c1ccc(C(=O)NCCCS(=O)(=O)c2ccccc2)cc1. The Labute approximate surface area is 170 Å². The van der Waals surface area contributed by atoms with E-state index in [1.54, 1.807) is 18.2 Å². The van der Waals surface area contributed by atoms with E-state index in [4.69, 9.17) is 5.26 Å². The van der Waals surface area contributed by atoms with Crippen molar-refractivity contribution in [1.29, 1.82) is 5.26 Å². The van der Waals surface area contributed by atoms with Gasteiger partial charge in [-0.25, -0.2) is 21.6 Å². The van der Waals surface area contributed by atoms with Crippen molar-refractivity contribution in [3.05, 3.63) is 60.2 Å². The number of nitriles is 1. The van der Waals surface area contributed by atoms with Gasteiger partial charge in [-0.3, -0.25) is 4.79 Å². The molecule has 0 fully saturated rings. The van der Waals surface area contributed by atoms with Crippen molar-refractivity contribution in [2.75, 3.05) is 18.8 Å². The molecular formula is C19H21N3O5S2. The predicted octanol–water partition coefficient (Wildman–Crippen LogP) is 1.47. The van der Waals surface area contributed by atoms with Gasteiger partial charge in [0, 0.05) is 25.1 Å². The summed E-state index contributed by atoms with van der Waals surface area (Å²) >= 11 is 0. The minimum absolute atomic E-state index is 0.00690. The number of nitrogens with zero attached hydrogens (tertiary/aromatic N) is 1. The highest BCUT2D eigenvalue weighted by atomic mass is 32.2. The van der Waals surface area contributed by atoms with Crippen molar-refractivity contribution in [3.63, 3.8) is 0 Å². The Morgan fingerprint density at radius 2 is 1.55 bits per heavy atom. The Morgan fingerprint density at radius 1 is 0.897 bits per heavy atom. The van der Waals surface area contributed by atoms with Crippen molar-refractivity contribution in [3.8, 4) is 6.07 Å². The molecule has 154 valence electrons. The molecule has 2 rings (SSSR count). The van der Waals surface area contributed by atoms with Gasteiger partial charge in [0.05, 0.1) is 21.6 Å². The van der Waals surface area contributed by atoms with Crippen molar-refractivity contribution in [2.24, 2.45) is 0 Å². The third kappa shape index (κ3) is 6.67. The molecule has 29 heavy (non-hydrogen) atoms. The summed E-state index contributed by atoms with van der Waals surface area (Å²) in [7, 11) is -7.14. The van der Waals surface area contributed by atoms with Gasteiger partial charge in [0.2, 0.25) is 10.0 Å². The molecule has 1 amide bonds. The number of rotatable bonds is 10. The number of nitrogens with one attached hydrogen (secondary N) is 2. The first-order valence-corrected chi connectivity index (χ1v) is 11.9. The molecule has 0 saturated carbocycles. The molecule has 0 aliphatic carbocycles. The number of hydrogen-bond donors (Lipinski definition) is 2. The largest absolute Gasteiger partial charge is 0.352 e. The topological polar surface area (TPSA) is 133 Å². The summed E-state index contributed by atoms with van der Waals surface area (Å²) in [6, 6.07) is 15.3. The van der Waals surface area contributed by atoms with Gasteiger partial charge >= 0.3 is 0 Å². The second kappa shape index (κ2) is 10.2. The van der Waals surface area contributed by atoms with E-state index in [1.165, 1.54) is 36.4 Å². The third-order valence-corrected chi connectivity index (χ3v) is 7.23. The van der Waals surface area contributed by atoms with Gasteiger partial charge in [0.1, 0.15) is 0 Å². The standard InChI is InChI=1S/C19H21N3O5S2/c20-12-4-14-22-29(26,27)18-10-8-16(9-11-18)19(23)21-13-5-15-28(24,25)17-6-2-1-3-7-17/h1-3,6-11,22H,4-5,13-15H2,(H,21,23). The van der Waals surface area contributed by atoms with Crippen LogP contribution < -0.4 is 10.0 Å². The van der Waals surface area contributed by atoms with Crippen molar-refractivity contribution in [2.45, 2.75) is 22.6 Å². The highest BCUT2D eigenvalue weighted by molar-refractivity contribution is 7.91.